The Morgan fingerprint density at radius 3 is 1.96 bits per heavy atom. The normalized spacial score (nSPS) is 13.0. The van der Waals surface area contributed by atoms with Crippen molar-refractivity contribution in [3.63, 3.8) is 0 Å². The summed E-state index contributed by atoms with van der Waals surface area (Å²) in [5.74, 6) is -1.27. The van der Waals surface area contributed by atoms with Gasteiger partial charge < -0.3 is 10.2 Å². The zero-order valence-electron chi connectivity index (χ0n) is 25.8. The van der Waals surface area contributed by atoms with Crippen molar-refractivity contribution in [1.29, 1.82) is 0 Å². The number of hydrogen-bond donors (Lipinski definition) is 1. The topological polar surface area (TPSA) is 86.8 Å². The number of alkyl halides is 3. The second-order valence-electron chi connectivity index (χ2n) is 11.0. The molecule has 0 heterocycles. The van der Waals surface area contributed by atoms with Crippen LogP contribution in [0.15, 0.2) is 114 Å². The van der Waals surface area contributed by atoms with E-state index >= 15 is 0 Å². The number of rotatable bonds is 13. The average Bonchev–Trinajstić information content (AvgIpc) is 3.06. The molecule has 1 N–H and O–H groups in total. The van der Waals surface area contributed by atoms with Gasteiger partial charge in [-0.1, -0.05) is 97.4 Å². The number of benzene rings is 4. The predicted molar refractivity (Wildman–Crippen MR) is 176 cm³/mol. The molecule has 0 aromatic heterocycles. The van der Waals surface area contributed by atoms with Gasteiger partial charge in [-0.2, -0.15) is 13.2 Å². The summed E-state index contributed by atoms with van der Waals surface area (Å²) < 4.78 is 70.2. The molecule has 0 radical (unpaired) electrons. The molecule has 0 aliphatic carbocycles. The first-order valence-corrected chi connectivity index (χ1v) is 16.7. The van der Waals surface area contributed by atoms with E-state index in [-0.39, 0.29) is 28.9 Å². The van der Waals surface area contributed by atoms with E-state index in [2.05, 4.69) is 5.32 Å². The fourth-order valence-corrected chi connectivity index (χ4v) is 6.60. The summed E-state index contributed by atoms with van der Waals surface area (Å²) in [4.78, 5) is 29.3. The Balaban J connectivity index is 1.86. The summed E-state index contributed by atoms with van der Waals surface area (Å²) in [5, 5.41) is 2.62. The van der Waals surface area contributed by atoms with Gasteiger partial charge in [0.2, 0.25) is 11.8 Å². The maximum absolute atomic E-state index is 14.5. The fraction of sp³-hybridized carbons (Fsp3) is 0.257. The minimum Gasteiger partial charge on any atom is -0.352 e. The predicted octanol–water partition coefficient (Wildman–Crippen LogP) is 7.11. The van der Waals surface area contributed by atoms with Crippen LogP contribution in [0.4, 0.5) is 18.9 Å². The highest BCUT2D eigenvalue weighted by Crippen LogP contribution is 2.37. The summed E-state index contributed by atoms with van der Waals surface area (Å²) >= 11 is 6.36. The van der Waals surface area contributed by atoms with Crippen molar-refractivity contribution in [3.05, 3.63) is 131 Å². The molecule has 4 rings (SSSR count). The van der Waals surface area contributed by atoms with E-state index in [1.165, 1.54) is 29.2 Å². The molecule has 0 fully saturated rings. The number of amides is 2. The van der Waals surface area contributed by atoms with Gasteiger partial charge >= 0.3 is 6.18 Å². The highest BCUT2D eigenvalue weighted by Gasteiger charge is 2.37. The highest BCUT2D eigenvalue weighted by molar-refractivity contribution is 7.92. The molecular weight excluding hydrogens is 651 g/mol. The van der Waals surface area contributed by atoms with E-state index in [0.29, 0.717) is 22.4 Å². The molecule has 4 aromatic carbocycles. The zero-order chi connectivity index (χ0) is 34.2. The van der Waals surface area contributed by atoms with Crippen molar-refractivity contribution in [2.24, 2.45) is 0 Å². The Hall–Kier alpha value is -4.35. The van der Waals surface area contributed by atoms with Crippen molar-refractivity contribution >= 4 is 39.1 Å². The van der Waals surface area contributed by atoms with Crippen LogP contribution < -0.4 is 9.62 Å². The van der Waals surface area contributed by atoms with Gasteiger partial charge in [-0.25, -0.2) is 8.42 Å². The van der Waals surface area contributed by atoms with Crippen molar-refractivity contribution in [1.82, 2.24) is 10.2 Å². The first-order valence-electron chi connectivity index (χ1n) is 14.9. The summed E-state index contributed by atoms with van der Waals surface area (Å²) in [6.07, 6.45) is -4.11. The van der Waals surface area contributed by atoms with Crippen LogP contribution >= 0.6 is 11.6 Å². The monoisotopic (exact) mass is 685 g/mol. The van der Waals surface area contributed by atoms with Crippen molar-refractivity contribution in [3.8, 4) is 0 Å². The van der Waals surface area contributed by atoms with Crippen LogP contribution in [0, 0.1) is 0 Å². The van der Waals surface area contributed by atoms with E-state index in [4.69, 9.17) is 11.6 Å². The molecule has 248 valence electrons. The number of carbonyl (C=O) groups excluding carboxylic acids is 2. The van der Waals surface area contributed by atoms with Gasteiger partial charge in [-0.05, 0) is 54.8 Å². The molecule has 0 aliphatic heterocycles. The standard InChI is InChI=1S/C35H35ClF3N3O4S/c1-3-25(2)40-34(44)32(21-26-13-7-4-8-14-26)41(23-27-15-9-5-10-16-27)33(43)24-42(47(45,46)29-17-11-6-12-18-29)31-22-28(35(37,38)39)19-20-30(31)36/h4-20,22,25,32H,3,21,23-24H2,1-2H3,(H,40,44)/t25-,32-/m0/s1. The SMILES string of the molecule is CC[C@H](C)NC(=O)[C@H](Cc1ccccc1)N(Cc1ccccc1)C(=O)CN(c1cc(C(F)(F)F)ccc1Cl)S(=O)(=O)c1ccccc1. The molecular formula is C35H35ClF3N3O4S. The summed E-state index contributed by atoms with van der Waals surface area (Å²) in [6, 6.07) is 25.8. The Morgan fingerprint density at radius 1 is 0.851 bits per heavy atom. The second kappa shape index (κ2) is 15.5. The number of anilines is 1. The number of halogens is 4. The smallest absolute Gasteiger partial charge is 0.352 e. The first-order chi connectivity index (χ1) is 22.3. The van der Waals surface area contributed by atoms with E-state index in [1.807, 2.05) is 32.0 Å². The molecule has 0 spiro atoms. The molecule has 0 aliphatic rings. The number of nitrogens with zero attached hydrogens (tertiary/aromatic N) is 2. The van der Waals surface area contributed by atoms with Crippen LogP contribution in [0.3, 0.4) is 0 Å². The van der Waals surface area contributed by atoms with Gasteiger partial charge in [0, 0.05) is 19.0 Å². The van der Waals surface area contributed by atoms with E-state index in [9.17, 15) is 31.2 Å². The molecule has 0 unspecified atom stereocenters. The zero-order valence-corrected chi connectivity index (χ0v) is 27.4. The lowest BCUT2D eigenvalue weighted by Crippen LogP contribution is -2.54. The Bertz CT molecular complexity index is 1760. The quantitative estimate of drug-likeness (QED) is 0.163. The third kappa shape index (κ3) is 9.14. The largest absolute Gasteiger partial charge is 0.416 e. The maximum atomic E-state index is 14.5. The summed E-state index contributed by atoms with van der Waals surface area (Å²) in [7, 11) is -4.63. The third-order valence-electron chi connectivity index (χ3n) is 7.62. The molecule has 0 saturated heterocycles. The number of nitrogens with one attached hydrogen (secondary N) is 1. The Kier molecular flexibility index (Phi) is 11.7. The molecule has 0 saturated carbocycles. The Morgan fingerprint density at radius 2 is 1.40 bits per heavy atom. The van der Waals surface area contributed by atoms with E-state index < -0.39 is 51.9 Å². The van der Waals surface area contributed by atoms with Crippen LogP contribution in [0.25, 0.3) is 0 Å². The molecule has 0 bridgehead atoms. The van der Waals surface area contributed by atoms with Crippen LogP contribution in [-0.2, 0) is 38.8 Å². The molecule has 7 nitrogen and oxygen atoms in total. The number of carbonyl (C=O) groups is 2. The lowest BCUT2D eigenvalue weighted by Gasteiger charge is -2.34. The van der Waals surface area contributed by atoms with Gasteiger partial charge in [0.05, 0.1) is 21.2 Å². The average molecular weight is 686 g/mol. The summed E-state index contributed by atoms with van der Waals surface area (Å²) in [5.41, 5.74) is -0.266. The van der Waals surface area contributed by atoms with E-state index in [0.717, 1.165) is 17.7 Å². The third-order valence-corrected chi connectivity index (χ3v) is 9.71. The van der Waals surface area contributed by atoms with Gasteiger partial charge in [0.25, 0.3) is 10.0 Å². The molecule has 2 atom stereocenters. The van der Waals surface area contributed by atoms with Crippen LogP contribution in [0.1, 0.15) is 37.0 Å². The fourth-order valence-electron chi connectivity index (χ4n) is 4.89. The van der Waals surface area contributed by atoms with Crippen molar-refractivity contribution in [2.75, 3.05) is 10.8 Å². The van der Waals surface area contributed by atoms with Gasteiger partial charge in [-0.3, -0.25) is 13.9 Å². The van der Waals surface area contributed by atoms with Gasteiger partial charge in [0.1, 0.15) is 12.6 Å². The molecule has 4 aromatic rings. The lowest BCUT2D eigenvalue weighted by atomic mass is 10.0. The number of sulfonamides is 1. The van der Waals surface area contributed by atoms with Crippen LogP contribution in [0.5, 0.6) is 0 Å². The summed E-state index contributed by atoms with van der Waals surface area (Å²) in [6.45, 7) is 2.70. The highest BCUT2D eigenvalue weighted by atomic mass is 35.5. The van der Waals surface area contributed by atoms with Crippen molar-refractivity contribution in [2.45, 2.75) is 56.4 Å². The number of hydrogen-bond acceptors (Lipinski definition) is 4. The second-order valence-corrected chi connectivity index (χ2v) is 13.3. The van der Waals surface area contributed by atoms with Crippen molar-refractivity contribution < 1.29 is 31.2 Å². The molecule has 47 heavy (non-hydrogen) atoms. The van der Waals surface area contributed by atoms with Crippen LogP contribution in [-0.4, -0.2) is 43.8 Å². The lowest BCUT2D eigenvalue weighted by molar-refractivity contribution is -0.140. The Labute approximate surface area is 278 Å². The first kappa shape index (κ1) is 35.5. The maximum Gasteiger partial charge on any atom is 0.416 e. The molecule has 2 amide bonds. The van der Waals surface area contributed by atoms with E-state index in [1.54, 1.807) is 48.5 Å². The molecule has 12 heteroatoms. The van der Waals surface area contributed by atoms with Gasteiger partial charge in [0.15, 0.2) is 0 Å². The minimum absolute atomic E-state index is 0.0827. The van der Waals surface area contributed by atoms with Crippen LogP contribution in [0.2, 0.25) is 5.02 Å². The minimum atomic E-state index is -4.82. The van der Waals surface area contributed by atoms with Gasteiger partial charge in [-0.15, -0.1) is 0 Å².